The normalized spacial score (nSPS) is 14.6. The summed E-state index contributed by atoms with van der Waals surface area (Å²) >= 11 is 0. The van der Waals surface area contributed by atoms with E-state index in [9.17, 15) is 0 Å². The molecule has 0 aliphatic carbocycles. The van der Waals surface area contributed by atoms with Crippen molar-refractivity contribution >= 4 is 11.8 Å². The van der Waals surface area contributed by atoms with E-state index in [1.54, 1.807) is 28.4 Å². The summed E-state index contributed by atoms with van der Waals surface area (Å²) < 4.78 is 16.3. The van der Waals surface area contributed by atoms with Crippen LogP contribution in [-0.4, -0.2) is 70.4 Å². The van der Waals surface area contributed by atoms with Crippen molar-refractivity contribution < 1.29 is 14.2 Å². The fourth-order valence-electron chi connectivity index (χ4n) is 3.43. The maximum Gasteiger partial charge on any atom is 0.194 e. The van der Waals surface area contributed by atoms with Gasteiger partial charge in [0.15, 0.2) is 17.5 Å². The molecule has 0 radical (unpaired) electrons. The predicted molar refractivity (Wildman–Crippen MR) is 114 cm³/mol. The molecule has 1 aromatic carbocycles. The highest BCUT2D eigenvalue weighted by molar-refractivity contribution is 5.80. The molecule has 0 spiro atoms. The zero-order chi connectivity index (χ0) is 20.6. The summed E-state index contributed by atoms with van der Waals surface area (Å²) in [5.41, 5.74) is 0.971. The van der Waals surface area contributed by atoms with Crippen LogP contribution in [0.3, 0.4) is 0 Å². The van der Waals surface area contributed by atoms with Crippen LogP contribution in [0.1, 0.15) is 5.56 Å². The summed E-state index contributed by atoms with van der Waals surface area (Å²) in [5, 5.41) is 3.44. The molecule has 1 N–H and O–H groups in total. The Morgan fingerprint density at radius 3 is 2.28 bits per heavy atom. The van der Waals surface area contributed by atoms with Gasteiger partial charge < -0.3 is 29.3 Å². The number of benzene rings is 1. The molecule has 1 aliphatic rings. The molecule has 0 bridgehead atoms. The second-order valence-corrected chi connectivity index (χ2v) is 6.58. The third-order valence-corrected chi connectivity index (χ3v) is 4.99. The third kappa shape index (κ3) is 4.82. The van der Waals surface area contributed by atoms with Gasteiger partial charge in [-0.15, -0.1) is 0 Å². The zero-order valence-electron chi connectivity index (χ0n) is 17.5. The number of anilines is 1. The van der Waals surface area contributed by atoms with Crippen LogP contribution in [-0.2, 0) is 6.54 Å². The first kappa shape index (κ1) is 20.6. The summed E-state index contributed by atoms with van der Waals surface area (Å²) in [6.07, 6.45) is 1.83. The fourth-order valence-corrected chi connectivity index (χ4v) is 3.43. The van der Waals surface area contributed by atoms with E-state index < -0.39 is 0 Å². The molecule has 0 amide bonds. The average Bonchev–Trinajstić information content (AvgIpc) is 2.80. The molecule has 3 rings (SSSR count). The molecule has 1 aromatic heterocycles. The SMILES string of the molecule is CN=C(NCc1cc(OC)c(OC)cc1OC)N1CCN(c2ccccn2)CC1. The molecule has 1 saturated heterocycles. The number of hydrogen-bond donors (Lipinski definition) is 1. The van der Waals surface area contributed by atoms with Crippen LogP contribution < -0.4 is 24.4 Å². The Hall–Kier alpha value is -3.16. The van der Waals surface area contributed by atoms with E-state index in [-0.39, 0.29) is 0 Å². The van der Waals surface area contributed by atoms with Crippen LogP contribution in [0, 0.1) is 0 Å². The number of guanidine groups is 1. The minimum absolute atomic E-state index is 0.566. The average molecular weight is 399 g/mol. The number of rotatable bonds is 6. The largest absolute Gasteiger partial charge is 0.496 e. The van der Waals surface area contributed by atoms with Gasteiger partial charge in [-0.3, -0.25) is 4.99 Å². The predicted octanol–water partition coefficient (Wildman–Crippen LogP) is 2.00. The van der Waals surface area contributed by atoms with Gasteiger partial charge in [-0.05, 0) is 18.2 Å². The van der Waals surface area contributed by atoms with Crippen LogP contribution in [0.25, 0.3) is 0 Å². The Morgan fingerprint density at radius 2 is 1.69 bits per heavy atom. The molecule has 2 heterocycles. The van der Waals surface area contributed by atoms with Gasteiger partial charge in [0, 0.05) is 57.6 Å². The van der Waals surface area contributed by atoms with Gasteiger partial charge in [0.05, 0.1) is 21.3 Å². The van der Waals surface area contributed by atoms with E-state index in [2.05, 4.69) is 25.1 Å². The molecule has 0 saturated carbocycles. The molecule has 1 fully saturated rings. The summed E-state index contributed by atoms with van der Waals surface area (Å²) in [6.45, 7) is 4.12. The number of nitrogens with zero attached hydrogens (tertiary/aromatic N) is 4. The van der Waals surface area contributed by atoms with Gasteiger partial charge in [0.1, 0.15) is 11.6 Å². The van der Waals surface area contributed by atoms with E-state index in [0.29, 0.717) is 18.0 Å². The molecule has 8 heteroatoms. The number of ether oxygens (including phenoxy) is 3. The minimum atomic E-state index is 0.566. The zero-order valence-corrected chi connectivity index (χ0v) is 17.5. The van der Waals surface area contributed by atoms with Crippen LogP contribution in [0.2, 0.25) is 0 Å². The van der Waals surface area contributed by atoms with Crippen molar-refractivity contribution in [2.24, 2.45) is 4.99 Å². The summed E-state index contributed by atoms with van der Waals surface area (Å²) in [5.74, 6) is 3.94. The van der Waals surface area contributed by atoms with Gasteiger partial charge in [0.2, 0.25) is 0 Å². The highest BCUT2D eigenvalue weighted by Crippen LogP contribution is 2.34. The topological polar surface area (TPSA) is 71.5 Å². The lowest BCUT2D eigenvalue weighted by Gasteiger charge is -2.37. The Balaban J connectivity index is 1.63. The van der Waals surface area contributed by atoms with Crippen molar-refractivity contribution in [2.45, 2.75) is 6.54 Å². The van der Waals surface area contributed by atoms with Crippen LogP contribution >= 0.6 is 0 Å². The first-order chi connectivity index (χ1) is 14.2. The first-order valence-electron chi connectivity index (χ1n) is 9.60. The Kier molecular flexibility index (Phi) is 6.99. The molecular formula is C21H29N5O3. The lowest BCUT2D eigenvalue weighted by atomic mass is 10.1. The van der Waals surface area contributed by atoms with E-state index >= 15 is 0 Å². The molecule has 0 atom stereocenters. The third-order valence-electron chi connectivity index (χ3n) is 4.99. The Labute approximate surface area is 172 Å². The fraction of sp³-hybridized carbons (Fsp3) is 0.429. The smallest absolute Gasteiger partial charge is 0.194 e. The second-order valence-electron chi connectivity index (χ2n) is 6.58. The lowest BCUT2D eigenvalue weighted by Crippen LogP contribution is -2.52. The summed E-state index contributed by atoms with van der Waals surface area (Å²) in [6, 6.07) is 9.77. The first-order valence-corrected chi connectivity index (χ1v) is 9.60. The van der Waals surface area contributed by atoms with Gasteiger partial charge in [-0.2, -0.15) is 0 Å². The van der Waals surface area contributed by atoms with Crippen molar-refractivity contribution in [3.05, 3.63) is 42.1 Å². The molecular weight excluding hydrogens is 370 g/mol. The monoisotopic (exact) mass is 399 g/mol. The molecule has 1 aliphatic heterocycles. The number of hydrogen-bond acceptors (Lipinski definition) is 6. The van der Waals surface area contributed by atoms with Crippen LogP contribution in [0.4, 0.5) is 5.82 Å². The van der Waals surface area contributed by atoms with Crippen molar-refractivity contribution in [3.8, 4) is 17.2 Å². The Morgan fingerprint density at radius 1 is 1.00 bits per heavy atom. The van der Waals surface area contributed by atoms with Crippen molar-refractivity contribution in [3.63, 3.8) is 0 Å². The van der Waals surface area contributed by atoms with Crippen LogP contribution in [0.5, 0.6) is 17.2 Å². The molecule has 0 unspecified atom stereocenters. The van der Waals surface area contributed by atoms with E-state index in [0.717, 1.165) is 49.3 Å². The van der Waals surface area contributed by atoms with Crippen LogP contribution in [0.15, 0.2) is 41.5 Å². The molecule has 156 valence electrons. The van der Waals surface area contributed by atoms with Crippen molar-refractivity contribution in [1.82, 2.24) is 15.2 Å². The molecule has 29 heavy (non-hydrogen) atoms. The number of aromatic nitrogens is 1. The quantitative estimate of drug-likeness (QED) is 0.588. The maximum atomic E-state index is 5.52. The van der Waals surface area contributed by atoms with Crippen molar-refractivity contribution in [2.75, 3.05) is 59.5 Å². The second kappa shape index (κ2) is 9.86. The van der Waals surface area contributed by atoms with Gasteiger partial charge in [0.25, 0.3) is 0 Å². The lowest BCUT2D eigenvalue weighted by molar-refractivity contribution is 0.346. The maximum absolute atomic E-state index is 5.52. The minimum Gasteiger partial charge on any atom is -0.496 e. The van der Waals surface area contributed by atoms with Crippen molar-refractivity contribution in [1.29, 1.82) is 0 Å². The van der Waals surface area contributed by atoms with E-state index in [1.807, 2.05) is 36.5 Å². The summed E-state index contributed by atoms with van der Waals surface area (Å²) in [7, 11) is 6.69. The number of nitrogens with one attached hydrogen (secondary N) is 1. The highest BCUT2D eigenvalue weighted by Gasteiger charge is 2.21. The number of methoxy groups -OCH3 is 3. The molecule has 8 nitrogen and oxygen atoms in total. The van der Waals surface area contributed by atoms with Gasteiger partial charge in [-0.25, -0.2) is 4.98 Å². The van der Waals surface area contributed by atoms with Gasteiger partial charge >= 0.3 is 0 Å². The molecule has 2 aromatic rings. The Bertz CT molecular complexity index is 821. The standard InChI is InChI=1S/C21H29N5O3/c1-22-21(26-11-9-25(10-12-26)20-7-5-6-8-23-20)24-15-16-13-18(28-3)19(29-4)14-17(16)27-2/h5-8,13-14H,9-12,15H2,1-4H3,(H,22,24). The van der Waals surface area contributed by atoms with E-state index in [1.165, 1.54) is 0 Å². The summed E-state index contributed by atoms with van der Waals surface area (Å²) in [4.78, 5) is 13.4. The van der Waals surface area contributed by atoms with E-state index in [4.69, 9.17) is 14.2 Å². The highest BCUT2D eigenvalue weighted by atomic mass is 16.5. The van der Waals surface area contributed by atoms with Gasteiger partial charge in [-0.1, -0.05) is 6.07 Å². The number of pyridine rings is 1. The number of piperazine rings is 1. The number of aliphatic imine (C=N–C) groups is 1.